The van der Waals surface area contributed by atoms with Crippen molar-refractivity contribution < 1.29 is 48.0 Å². The highest BCUT2D eigenvalue weighted by atomic mass is 35.6. The van der Waals surface area contributed by atoms with Crippen LogP contribution in [0.25, 0.3) is 0 Å². The van der Waals surface area contributed by atoms with Crippen LogP contribution in [0.3, 0.4) is 0 Å². The van der Waals surface area contributed by atoms with E-state index in [-0.39, 0.29) is 0 Å². The second-order valence-electron chi connectivity index (χ2n) is 8.38. The van der Waals surface area contributed by atoms with E-state index in [1.165, 1.54) is 41.5 Å². The highest BCUT2D eigenvalue weighted by molar-refractivity contribution is 6.76. The third-order valence-electron chi connectivity index (χ3n) is 4.40. The molecule has 0 bridgehead atoms. The summed E-state index contributed by atoms with van der Waals surface area (Å²) < 4.78 is 24.3. The number of hydrogen-bond acceptors (Lipinski definition) is 10. The number of hydrogen-bond donors (Lipinski definition) is 2. The van der Waals surface area contributed by atoms with E-state index in [1.807, 2.05) is 0 Å². The van der Waals surface area contributed by atoms with E-state index in [4.69, 9.17) is 63.9 Å². The van der Waals surface area contributed by atoms with Crippen LogP contribution >= 0.6 is 34.8 Å². The smallest absolute Gasteiger partial charge is 0.337 e. The molecule has 34 heavy (non-hydrogen) atoms. The maximum Gasteiger partial charge on any atom is 0.337 e. The molecule has 0 spiro atoms. The van der Waals surface area contributed by atoms with Crippen molar-refractivity contribution in [1.29, 1.82) is 5.41 Å². The van der Waals surface area contributed by atoms with Crippen molar-refractivity contribution in [1.82, 2.24) is 0 Å². The predicted molar refractivity (Wildman–Crippen MR) is 120 cm³/mol. The number of carboxylic acid groups (broad SMARTS) is 1. The maximum absolute atomic E-state index is 12.5. The first-order valence-corrected chi connectivity index (χ1v) is 11.4. The van der Waals surface area contributed by atoms with Gasteiger partial charge in [-0.15, -0.1) is 0 Å². The van der Waals surface area contributed by atoms with Crippen LogP contribution in [0.2, 0.25) is 0 Å². The third kappa shape index (κ3) is 8.14. The van der Waals surface area contributed by atoms with Gasteiger partial charge < -0.3 is 28.8 Å². The lowest BCUT2D eigenvalue weighted by molar-refractivity contribution is -0.287. The monoisotopic (exact) mass is 547 g/mol. The number of carboxylic acids is 1. The molecule has 0 radical (unpaired) electrons. The van der Waals surface area contributed by atoms with Crippen LogP contribution in [0.1, 0.15) is 41.5 Å². The zero-order valence-corrected chi connectivity index (χ0v) is 21.6. The second-order valence-corrected chi connectivity index (χ2v) is 10.7. The summed E-state index contributed by atoms with van der Waals surface area (Å²) in [7, 11) is 0. The van der Waals surface area contributed by atoms with Crippen LogP contribution < -0.4 is 0 Å². The van der Waals surface area contributed by atoms with Crippen molar-refractivity contribution in [3.63, 3.8) is 0 Å². The van der Waals surface area contributed by atoms with Crippen LogP contribution in [0.4, 0.5) is 0 Å². The molecule has 0 aromatic carbocycles. The number of alkyl halides is 3. The molecular formula is C20H28Cl3NO10. The summed E-state index contributed by atoms with van der Waals surface area (Å²) in [4.78, 5) is 49.2. The first-order valence-electron chi connectivity index (χ1n) is 10.3. The van der Waals surface area contributed by atoms with Crippen molar-refractivity contribution in [2.24, 2.45) is 17.8 Å². The summed E-state index contributed by atoms with van der Waals surface area (Å²) in [5.41, 5.74) is 0. The Morgan fingerprint density at radius 3 is 1.50 bits per heavy atom. The van der Waals surface area contributed by atoms with Gasteiger partial charge in [0.1, 0.15) is 0 Å². The molecule has 0 aromatic rings. The van der Waals surface area contributed by atoms with Gasteiger partial charge in [0.2, 0.25) is 18.3 Å². The van der Waals surface area contributed by atoms with E-state index in [2.05, 4.69) is 0 Å². The molecule has 1 rings (SSSR count). The van der Waals surface area contributed by atoms with E-state index < -0.39 is 82.0 Å². The fraction of sp³-hybridized carbons (Fsp3) is 0.750. The number of carbonyl (C=O) groups is 4. The minimum atomic E-state index is -2.38. The predicted octanol–water partition coefficient (Wildman–Crippen LogP) is 2.86. The molecule has 194 valence electrons. The van der Waals surface area contributed by atoms with Crippen LogP contribution in [0.5, 0.6) is 0 Å². The molecule has 1 heterocycles. The number of carbonyl (C=O) groups excluding carboxylic acids is 3. The highest BCUT2D eigenvalue weighted by Gasteiger charge is 2.57. The lowest BCUT2D eigenvalue weighted by atomic mass is 9.97. The molecule has 14 heteroatoms. The van der Waals surface area contributed by atoms with E-state index in [1.54, 1.807) is 0 Å². The van der Waals surface area contributed by atoms with Crippen LogP contribution in [-0.2, 0) is 42.9 Å². The second kappa shape index (κ2) is 12.2. The molecule has 0 unspecified atom stereocenters. The largest absolute Gasteiger partial charge is 0.479 e. The lowest BCUT2D eigenvalue weighted by Gasteiger charge is -2.43. The zero-order valence-electron chi connectivity index (χ0n) is 19.4. The van der Waals surface area contributed by atoms with Gasteiger partial charge in [-0.3, -0.25) is 19.8 Å². The third-order valence-corrected chi connectivity index (χ3v) is 4.92. The van der Waals surface area contributed by atoms with Gasteiger partial charge in [-0.05, 0) is 0 Å². The molecule has 0 aromatic heterocycles. The van der Waals surface area contributed by atoms with Crippen LogP contribution in [0, 0.1) is 23.2 Å². The fourth-order valence-corrected chi connectivity index (χ4v) is 2.62. The Kier molecular flexibility index (Phi) is 10.9. The first kappa shape index (κ1) is 30.2. The lowest BCUT2D eigenvalue weighted by Crippen LogP contribution is -2.64. The Bertz CT molecular complexity index is 796. The Hall–Kier alpha value is -1.82. The topological polar surface area (TPSA) is 159 Å². The highest BCUT2D eigenvalue weighted by Crippen LogP contribution is 2.34. The molecule has 1 fully saturated rings. The summed E-state index contributed by atoms with van der Waals surface area (Å²) in [6.45, 7) is 9.04. The van der Waals surface area contributed by atoms with E-state index in [0.29, 0.717) is 0 Å². The molecule has 0 saturated carbocycles. The summed E-state index contributed by atoms with van der Waals surface area (Å²) in [6.07, 6.45) is -8.93. The van der Waals surface area contributed by atoms with Gasteiger partial charge in [0.15, 0.2) is 18.3 Å². The molecule has 2 N–H and O–H groups in total. The van der Waals surface area contributed by atoms with Crippen molar-refractivity contribution in [3.8, 4) is 0 Å². The number of aliphatic carboxylic acids is 1. The van der Waals surface area contributed by atoms with Crippen molar-refractivity contribution in [3.05, 3.63) is 0 Å². The minimum Gasteiger partial charge on any atom is -0.479 e. The van der Waals surface area contributed by atoms with Crippen molar-refractivity contribution in [2.45, 2.75) is 76.0 Å². The van der Waals surface area contributed by atoms with Gasteiger partial charge in [0, 0.05) is 0 Å². The van der Waals surface area contributed by atoms with Gasteiger partial charge in [-0.2, -0.15) is 0 Å². The molecule has 1 saturated heterocycles. The standard InChI is InChI=1S/C20H28Cl3NO10/c1-7(2)15(27)30-10-11(31-16(28)8(3)4)13(32-17(29)9(5)6)18(33-12(10)14(25)26)34-19(24)20(21,22)23/h7-13,18,24H,1-6H3,(H,25,26)/t10-,11-,12-,13+,18+/m0/s1. The Balaban J connectivity index is 3.59. The number of rotatable bonds is 8. The van der Waals surface area contributed by atoms with Crippen LogP contribution in [-0.4, -0.2) is 69.4 Å². The number of esters is 3. The summed E-state index contributed by atoms with van der Waals surface area (Å²) in [6, 6.07) is 0. The average molecular weight is 549 g/mol. The number of nitrogens with one attached hydrogen (secondary N) is 1. The Morgan fingerprint density at radius 1 is 0.765 bits per heavy atom. The van der Waals surface area contributed by atoms with Crippen LogP contribution in [0.15, 0.2) is 0 Å². The minimum absolute atomic E-state index is 0.677. The first-order chi connectivity index (χ1) is 15.5. The van der Waals surface area contributed by atoms with E-state index in [9.17, 15) is 24.3 Å². The SMILES string of the molecule is CC(C)C(=O)O[C@@H]1[C@@H](OC(=O)C(C)C)[C@@H](OC(=N)C(Cl)(Cl)Cl)O[C@H](C(=O)O)[C@H]1OC(=O)C(C)C. The molecule has 0 amide bonds. The van der Waals surface area contributed by atoms with Gasteiger partial charge in [-0.1, -0.05) is 76.3 Å². The quantitative estimate of drug-likeness (QED) is 0.152. The zero-order chi connectivity index (χ0) is 26.5. The van der Waals surface area contributed by atoms with Crippen molar-refractivity contribution >= 4 is 64.6 Å². The van der Waals surface area contributed by atoms with Gasteiger partial charge >= 0.3 is 23.9 Å². The summed E-state index contributed by atoms with van der Waals surface area (Å²) in [5.74, 6) is -7.10. The summed E-state index contributed by atoms with van der Waals surface area (Å²) in [5, 5.41) is 17.6. The maximum atomic E-state index is 12.5. The number of ether oxygens (including phenoxy) is 5. The molecule has 5 atom stereocenters. The van der Waals surface area contributed by atoms with Crippen molar-refractivity contribution in [2.75, 3.05) is 0 Å². The van der Waals surface area contributed by atoms with Gasteiger partial charge in [0.05, 0.1) is 17.8 Å². The Labute approximate surface area is 211 Å². The molecular weight excluding hydrogens is 521 g/mol. The van der Waals surface area contributed by atoms with E-state index in [0.717, 1.165) is 0 Å². The number of halogens is 3. The average Bonchev–Trinajstić information content (AvgIpc) is 2.69. The normalized spacial score (nSPS) is 25.1. The molecule has 1 aliphatic rings. The molecule has 1 aliphatic heterocycles. The van der Waals surface area contributed by atoms with Gasteiger partial charge in [-0.25, -0.2) is 4.79 Å². The van der Waals surface area contributed by atoms with Gasteiger partial charge in [0.25, 0.3) is 3.79 Å². The Morgan fingerprint density at radius 2 is 1.15 bits per heavy atom. The molecule has 0 aliphatic carbocycles. The molecule has 11 nitrogen and oxygen atoms in total. The fourth-order valence-electron chi connectivity index (χ4n) is 2.49. The summed E-state index contributed by atoms with van der Waals surface area (Å²) >= 11 is 16.9. The van der Waals surface area contributed by atoms with E-state index >= 15 is 0 Å².